The van der Waals surface area contributed by atoms with Crippen molar-refractivity contribution in [3.63, 3.8) is 0 Å². The molecule has 0 saturated heterocycles. The molecule has 166 valence electrons. The van der Waals surface area contributed by atoms with Crippen LogP contribution in [0, 0.1) is 13.8 Å². The van der Waals surface area contributed by atoms with Gasteiger partial charge in [0.15, 0.2) is 5.58 Å². The Morgan fingerprint density at radius 1 is 0.909 bits per heavy atom. The molecular formula is C28H25NO4. The minimum Gasteiger partial charge on any atom is -0.491 e. The molecule has 33 heavy (non-hydrogen) atoms. The van der Waals surface area contributed by atoms with E-state index in [1.165, 1.54) is 5.56 Å². The number of aryl methyl sites for hydroxylation is 2. The van der Waals surface area contributed by atoms with E-state index in [0.29, 0.717) is 28.0 Å². The van der Waals surface area contributed by atoms with Crippen molar-refractivity contribution in [3.05, 3.63) is 88.3 Å². The first-order valence-corrected chi connectivity index (χ1v) is 11.0. The lowest BCUT2D eigenvalue weighted by atomic mass is 10.0. The Balaban J connectivity index is 1.75. The van der Waals surface area contributed by atoms with Crippen LogP contribution in [0.15, 0.2) is 80.4 Å². The molecule has 2 heterocycles. The molecule has 5 heteroatoms. The van der Waals surface area contributed by atoms with Gasteiger partial charge in [0, 0.05) is 5.69 Å². The largest absolute Gasteiger partial charge is 0.491 e. The molecule has 5 aromatic rings. The van der Waals surface area contributed by atoms with Crippen LogP contribution < -0.4 is 15.7 Å². The monoisotopic (exact) mass is 439 g/mol. The number of hydrogen-bond acceptors (Lipinski definition) is 5. The van der Waals surface area contributed by atoms with Gasteiger partial charge < -0.3 is 18.9 Å². The Hall–Kier alpha value is -3.99. The molecule has 3 aromatic carbocycles. The second-order valence-electron chi connectivity index (χ2n) is 8.53. The number of benzene rings is 3. The van der Waals surface area contributed by atoms with Crippen LogP contribution >= 0.6 is 0 Å². The fraction of sp³-hybridized carbons (Fsp3) is 0.179. The van der Waals surface area contributed by atoms with Crippen LogP contribution in [0.2, 0.25) is 0 Å². The van der Waals surface area contributed by atoms with Crippen LogP contribution in [0.1, 0.15) is 25.0 Å². The number of hydrogen-bond donors (Lipinski definition) is 1. The number of anilines is 2. The summed E-state index contributed by atoms with van der Waals surface area (Å²) in [6.07, 6.45) is 0.0748. The predicted molar refractivity (Wildman–Crippen MR) is 133 cm³/mol. The van der Waals surface area contributed by atoms with Crippen LogP contribution in [0.25, 0.3) is 33.1 Å². The molecule has 0 aliphatic heterocycles. The first kappa shape index (κ1) is 20.9. The lowest BCUT2D eigenvalue weighted by molar-refractivity contribution is 0.242. The molecule has 0 atom stereocenters. The molecule has 1 N–H and O–H groups in total. The zero-order valence-electron chi connectivity index (χ0n) is 19.1. The van der Waals surface area contributed by atoms with Crippen molar-refractivity contribution < 1.29 is 13.6 Å². The topological polar surface area (TPSA) is 64.6 Å². The first-order valence-electron chi connectivity index (χ1n) is 11.0. The van der Waals surface area contributed by atoms with Crippen molar-refractivity contribution in [1.29, 1.82) is 0 Å². The maximum atomic E-state index is 13.1. The van der Waals surface area contributed by atoms with Crippen LogP contribution in [0.4, 0.5) is 11.6 Å². The summed E-state index contributed by atoms with van der Waals surface area (Å²) in [5, 5.41) is 4.58. The van der Waals surface area contributed by atoms with E-state index in [4.69, 9.17) is 13.6 Å². The fourth-order valence-electron chi connectivity index (χ4n) is 4.12. The van der Waals surface area contributed by atoms with Crippen molar-refractivity contribution >= 4 is 33.5 Å². The van der Waals surface area contributed by atoms with E-state index in [1.54, 1.807) is 6.07 Å². The average Bonchev–Trinajstić information content (AvgIpc) is 3.16. The molecule has 0 fully saturated rings. The summed E-state index contributed by atoms with van der Waals surface area (Å²) in [6, 6.07) is 21.2. The van der Waals surface area contributed by atoms with Crippen LogP contribution in [-0.2, 0) is 0 Å². The summed E-state index contributed by atoms with van der Waals surface area (Å²) < 4.78 is 17.8. The molecule has 0 radical (unpaired) electrons. The molecule has 0 aliphatic carbocycles. The fourth-order valence-corrected chi connectivity index (χ4v) is 4.12. The Morgan fingerprint density at radius 3 is 2.39 bits per heavy atom. The highest BCUT2D eigenvalue weighted by Gasteiger charge is 2.23. The minimum atomic E-state index is -0.432. The van der Waals surface area contributed by atoms with E-state index in [1.807, 2.05) is 75.4 Å². The van der Waals surface area contributed by atoms with E-state index in [9.17, 15) is 4.79 Å². The third-order valence-corrected chi connectivity index (χ3v) is 5.59. The SMILES string of the molecule is Cc1ccc(Nc2oc3c(c2-c2ccc(OC(C)C)cc2)c(=O)oc2ccccc23)c(C)c1. The minimum absolute atomic E-state index is 0.0748. The van der Waals surface area contributed by atoms with E-state index in [0.717, 1.165) is 28.0 Å². The van der Waals surface area contributed by atoms with Gasteiger partial charge in [0.1, 0.15) is 16.7 Å². The molecule has 2 aromatic heterocycles. The van der Waals surface area contributed by atoms with Gasteiger partial charge in [-0.15, -0.1) is 0 Å². The molecular weight excluding hydrogens is 414 g/mol. The van der Waals surface area contributed by atoms with Crippen molar-refractivity contribution in [1.82, 2.24) is 0 Å². The average molecular weight is 440 g/mol. The predicted octanol–water partition coefficient (Wildman–Crippen LogP) is 7.35. The Labute approximate surface area is 191 Å². The molecule has 0 spiro atoms. The van der Waals surface area contributed by atoms with Gasteiger partial charge in [-0.05, 0) is 69.2 Å². The van der Waals surface area contributed by atoms with E-state index in [-0.39, 0.29) is 6.10 Å². The van der Waals surface area contributed by atoms with Gasteiger partial charge in [-0.1, -0.05) is 42.0 Å². The van der Waals surface area contributed by atoms with Crippen LogP contribution in [0.3, 0.4) is 0 Å². The van der Waals surface area contributed by atoms with Crippen molar-refractivity contribution in [2.75, 3.05) is 5.32 Å². The highest BCUT2D eigenvalue weighted by atomic mass is 16.5. The summed E-state index contributed by atoms with van der Waals surface area (Å²) in [7, 11) is 0. The highest BCUT2D eigenvalue weighted by molar-refractivity contribution is 6.10. The normalized spacial score (nSPS) is 11.4. The summed E-state index contributed by atoms with van der Waals surface area (Å²) in [5.41, 5.74) is 5.24. The summed E-state index contributed by atoms with van der Waals surface area (Å²) in [5.74, 6) is 1.26. The second-order valence-corrected chi connectivity index (χ2v) is 8.53. The first-order chi connectivity index (χ1) is 15.9. The van der Waals surface area contributed by atoms with E-state index >= 15 is 0 Å². The van der Waals surface area contributed by atoms with Gasteiger partial charge in [-0.2, -0.15) is 0 Å². The van der Waals surface area contributed by atoms with Crippen LogP contribution in [-0.4, -0.2) is 6.10 Å². The maximum Gasteiger partial charge on any atom is 0.348 e. The van der Waals surface area contributed by atoms with Gasteiger partial charge in [-0.25, -0.2) is 4.79 Å². The quantitative estimate of drug-likeness (QED) is 0.290. The van der Waals surface area contributed by atoms with Gasteiger partial charge in [0.05, 0.1) is 17.1 Å². The molecule has 0 bridgehead atoms. The summed E-state index contributed by atoms with van der Waals surface area (Å²) in [6.45, 7) is 8.07. The highest BCUT2D eigenvalue weighted by Crippen LogP contribution is 2.41. The molecule has 0 amide bonds. The molecule has 0 saturated carbocycles. The van der Waals surface area contributed by atoms with Gasteiger partial charge >= 0.3 is 5.63 Å². The maximum absolute atomic E-state index is 13.1. The Morgan fingerprint density at radius 2 is 1.67 bits per heavy atom. The molecule has 5 rings (SSSR count). The number of furan rings is 1. The van der Waals surface area contributed by atoms with Crippen molar-refractivity contribution in [2.45, 2.75) is 33.8 Å². The van der Waals surface area contributed by atoms with E-state index in [2.05, 4.69) is 18.3 Å². The lowest BCUT2D eigenvalue weighted by Crippen LogP contribution is -2.05. The number of nitrogens with one attached hydrogen (secondary N) is 1. The molecule has 0 aliphatic rings. The summed E-state index contributed by atoms with van der Waals surface area (Å²) in [4.78, 5) is 13.1. The number of rotatable bonds is 5. The number of ether oxygens (including phenoxy) is 1. The van der Waals surface area contributed by atoms with Gasteiger partial charge in [-0.3, -0.25) is 0 Å². The zero-order valence-corrected chi connectivity index (χ0v) is 19.1. The smallest absolute Gasteiger partial charge is 0.348 e. The summed E-state index contributed by atoms with van der Waals surface area (Å²) >= 11 is 0. The molecule has 5 nitrogen and oxygen atoms in total. The number of fused-ring (bicyclic) bond motifs is 3. The molecule has 0 unspecified atom stereocenters. The second kappa shape index (κ2) is 8.17. The van der Waals surface area contributed by atoms with Gasteiger partial charge in [0.25, 0.3) is 0 Å². The Bertz CT molecular complexity index is 1520. The van der Waals surface area contributed by atoms with Gasteiger partial charge in [0.2, 0.25) is 5.88 Å². The van der Waals surface area contributed by atoms with E-state index < -0.39 is 5.63 Å². The third-order valence-electron chi connectivity index (χ3n) is 5.59. The van der Waals surface area contributed by atoms with Crippen molar-refractivity contribution in [3.8, 4) is 16.9 Å². The number of para-hydroxylation sites is 1. The van der Waals surface area contributed by atoms with Crippen LogP contribution in [0.5, 0.6) is 5.75 Å². The standard InChI is InChI=1S/C28H25NO4/c1-16(2)31-20-12-10-19(11-13-20)24-25-26(21-7-5-6-8-23(21)32-28(25)30)33-27(24)29-22-14-9-17(3)15-18(22)4/h5-16,29H,1-4H3. The van der Waals surface area contributed by atoms with Crippen molar-refractivity contribution in [2.24, 2.45) is 0 Å². The lowest BCUT2D eigenvalue weighted by Gasteiger charge is -2.12. The third kappa shape index (κ3) is 3.87. The zero-order chi connectivity index (χ0) is 23.1. The Kier molecular flexibility index (Phi) is 5.17.